The maximum Gasteiger partial charge on any atom is 0.409 e. The fourth-order valence-electron chi connectivity index (χ4n) is 2.74. The third-order valence-electron chi connectivity index (χ3n) is 4.24. The number of ether oxygens (including phenoxy) is 3. The molecule has 1 aromatic rings. The highest BCUT2D eigenvalue weighted by Crippen LogP contribution is 2.23. The molecule has 1 aliphatic rings. The number of nitrogens with one attached hydrogen (secondary N) is 1. The highest BCUT2D eigenvalue weighted by Gasteiger charge is 2.25. The molecule has 1 N–H and O–H groups in total. The standard InChI is InChI=1S/C19H28N2O5/c1-13(2)12-26-19(23)21-7-5-15(6-8-21)20-18(22)14-9-16(24-3)11-17(10-14)25-4/h9-11,13,15H,5-8,12H2,1-4H3,(H,20,22). The Balaban J connectivity index is 1.87. The van der Waals surface area contributed by atoms with E-state index in [4.69, 9.17) is 14.2 Å². The van der Waals surface area contributed by atoms with Gasteiger partial charge in [0.1, 0.15) is 11.5 Å². The summed E-state index contributed by atoms with van der Waals surface area (Å²) in [4.78, 5) is 26.2. The van der Waals surface area contributed by atoms with Crippen LogP contribution in [0, 0.1) is 5.92 Å². The predicted molar refractivity (Wildman–Crippen MR) is 97.8 cm³/mol. The third-order valence-corrected chi connectivity index (χ3v) is 4.24. The number of piperidine rings is 1. The molecule has 0 saturated carbocycles. The molecule has 1 saturated heterocycles. The molecule has 26 heavy (non-hydrogen) atoms. The molecule has 7 nitrogen and oxygen atoms in total. The van der Waals surface area contributed by atoms with E-state index in [9.17, 15) is 9.59 Å². The summed E-state index contributed by atoms with van der Waals surface area (Å²) in [6.45, 7) is 5.57. The Morgan fingerprint density at radius 3 is 2.19 bits per heavy atom. The zero-order valence-electron chi connectivity index (χ0n) is 15.9. The Hall–Kier alpha value is -2.44. The molecule has 0 aromatic heterocycles. The second-order valence-corrected chi connectivity index (χ2v) is 6.81. The van der Waals surface area contributed by atoms with Crippen molar-refractivity contribution in [3.05, 3.63) is 23.8 Å². The van der Waals surface area contributed by atoms with Gasteiger partial charge in [0.2, 0.25) is 0 Å². The van der Waals surface area contributed by atoms with Gasteiger partial charge in [-0.1, -0.05) is 13.8 Å². The van der Waals surface area contributed by atoms with Crippen LogP contribution in [0.4, 0.5) is 4.79 Å². The number of benzene rings is 1. The van der Waals surface area contributed by atoms with Crippen molar-refractivity contribution in [3.63, 3.8) is 0 Å². The molecule has 1 heterocycles. The number of carbonyl (C=O) groups is 2. The molecular formula is C19H28N2O5. The molecule has 1 fully saturated rings. The quantitative estimate of drug-likeness (QED) is 0.840. The monoisotopic (exact) mass is 364 g/mol. The summed E-state index contributed by atoms with van der Waals surface area (Å²) in [5.74, 6) is 1.27. The first-order valence-electron chi connectivity index (χ1n) is 8.88. The number of hydrogen-bond acceptors (Lipinski definition) is 5. The molecule has 2 rings (SSSR count). The number of rotatable bonds is 6. The van der Waals surface area contributed by atoms with Gasteiger partial charge in [-0.15, -0.1) is 0 Å². The van der Waals surface area contributed by atoms with E-state index in [1.807, 2.05) is 13.8 Å². The van der Waals surface area contributed by atoms with Crippen LogP contribution in [0.25, 0.3) is 0 Å². The van der Waals surface area contributed by atoms with Crippen molar-refractivity contribution in [2.45, 2.75) is 32.7 Å². The minimum atomic E-state index is -0.277. The molecule has 1 aromatic carbocycles. The number of nitrogens with zero attached hydrogens (tertiary/aromatic N) is 1. The smallest absolute Gasteiger partial charge is 0.409 e. The van der Waals surface area contributed by atoms with Crippen LogP contribution in [0.5, 0.6) is 11.5 Å². The zero-order chi connectivity index (χ0) is 19.1. The normalized spacial score (nSPS) is 14.9. The lowest BCUT2D eigenvalue weighted by Gasteiger charge is -2.31. The summed E-state index contributed by atoms with van der Waals surface area (Å²) in [6.07, 6.45) is 1.12. The van der Waals surface area contributed by atoms with E-state index in [0.717, 1.165) is 0 Å². The van der Waals surface area contributed by atoms with Gasteiger partial charge in [0.15, 0.2) is 0 Å². The molecule has 2 amide bonds. The summed E-state index contributed by atoms with van der Waals surface area (Å²) in [7, 11) is 3.09. The first-order chi connectivity index (χ1) is 12.4. The Bertz CT molecular complexity index is 602. The lowest BCUT2D eigenvalue weighted by molar-refractivity contribution is 0.0785. The summed E-state index contributed by atoms with van der Waals surface area (Å²) in [6, 6.07) is 5.10. The zero-order valence-corrected chi connectivity index (χ0v) is 15.9. The average molecular weight is 364 g/mol. The van der Waals surface area contributed by atoms with Crippen molar-refractivity contribution in [1.29, 1.82) is 0 Å². The highest BCUT2D eigenvalue weighted by atomic mass is 16.6. The van der Waals surface area contributed by atoms with Crippen molar-refractivity contribution in [3.8, 4) is 11.5 Å². The number of methoxy groups -OCH3 is 2. The van der Waals surface area contributed by atoms with Gasteiger partial charge < -0.3 is 24.4 Å². The molecule has 144 valence electrons. The van der Waals surface area contributed by atoms with E-state index in [1.54, 1.807) is 37.3 Å². The second-order valence-electron chi connectivity index (χ2n) is 6.81. The maximum absolute atomic E-state index is 12.5. The molecule has 0 bridgehead atoms. The minimum Gasteiger partial charge on any atom is -0.497 e. The Morgan fingerprint density at radius 1 is 1.12 bits per heavy atom. The predicted octanol–water partition coefficient (Wildman–Crippen LogP) is 2.69. The van der Waals surface area contributed by atoms with Gasteiger partial charge in [0.05, 0.1) is 20.8 Å². The van der Waals surface area contributed by atoms with Crippen LogP contribution in [0.15, 0.2) is 18.2 Å². The maximum atomic E-state index is 12.5. The molecule has 0 spiro atoms. The molecular weight excluding hydrogens is 336 g/mol. The number of amides is 2. The van der Waals surface area contributed by atoms with Gasteiger partial charge in [0.25, 0.3) is 5.91 Å². The van der Waals surface area contributed by atoms with Crippen LogP contribution in [0.3, 0.4) is 0 Å². The van der Waals surface area contributed by atoms with E-state index in [1.165, 1.54) is 0 Å². The van der Waals surface area contributed by atoms with E-state index in [0.29, 0.717) is 55.5 Å². The largest absolute Gasteiger partial charge is 0.497 e. The number of hydrogen-bond donors (Lipinski definition) is 1. The van der Waals surface area contributed by atoms with Crippen LogP contribution in [-0.2, 0) is 4.74 Å². The Kier molecular flexibility index (Phi) is 7.12. The van der Waals surface area contributed by atoms with Crippen LogP contribution >= 0.6 is 0 Å². The fraction of sp³-hybridized carbons (Fsp3) is 0.579. The van der Waals surface area contributed by atoms with Gasteiger partial charge in [0, 0.05) is 30.8 Å². The van der Waals surface area contributed by atoms with Crippen LogP contribution < -0.4 is 14.8 Å². The van der Waals surface area contributed by atoms with Crippen molar-refractivity contribution in [2.24, 2.45) is 5.92 Å². The van der Waals surface area contributed by atoms with E-state index >= 15 is 0 Å². The number of likely N-dealkylation sites (tertiary alicyclic amines) is 1. The summed E-state index contributed by atoms with van der Waals surface area (Å²) in [5.41, 5.74) is 0.486. The molecule has 0 unspecified atom stereocenters. The van der Waals surface area contributed by atoms with Crippen LogP contribution in [0.2, 0.25) is 0 Å². The van der Waals surface area contributed by atoms with Crippen LogP contribution in [0.1, 0.15) is 37.0 Å². The summed E-state index contributed by atoms with van der Waals surface area (Å²) >= 11 is 0. The molecule has 0 radical (unpaired) electrons. The molecule has 0 aliphatic carbocycles. The van der Waals surface area contributed by atoms with Gasteiger partial charge >= 0.3 is 6.09 Å². The van der Waals surface area contributed by atoms with E-state index in [2.05, 4.69) is 5.32 Å². The van der Waals surface area contributed by atoms with Crippen molar-refractivity contribution < 1.29 is 23.8 Å². The SMILES string of the molecule is COc1cc(OC)cc(C(=O)NC2CCN(C(=O)OCC(C)C)CC2)c1. The third kappa shape index (κ3) is 5.54. The average Bonchev–Trinajstić information content (AvgIpc) is 2.66. The highest BCUT2D eigenvalue weighted by molar-refractivity contribution is 5.95. The Morgan fingerprint density at radius 2 is 1.69 bits per heavy atom. The van der Waals surface area contributed by atoms with Gasteiger partial charge in [-0.2, -0.15) is 0 Å². The first-order valence-corrected chi connectivity index (χ1v) is 8.88. The fourth-order valence-corrected chi connectivity index (χ4v) is 2.74. The van der Waals surface area contributed by atoms with Gasteiger partial charge in [-0.05, 0) is 30.9 Å². The lowest BCUT2D eigenvalue weighted by atomic mass is 10.0. The second kappa shape index (κ2) is 9.31. The van der Waals surface area contributed by atoms with Crippen LogP contribution in [-0.4, -0.2) is 56.9 Å². The van der Waals surface area contributed by atoms with E-state index in [-0.39, 0.29) is 18.0 Å². The van der Waals surface area contributed by atoms with Gasteiger partial charge in [-0.3, -0.25) is 4.79 Å². The summed E-state index contributed by atoms with van der Waals surface area (Å²) in [5, 5.41) is 3.02. The van der Waals surface area contributed by atoms with Crippen molar-refractivity contribution in [2.75, 3.05) is 33.9 Å². The topological polar surface area (TPSA) is 77.1 Å². The minimum absolute atomic E-state index is 0.0221. The first kappa shape index (κ1) is 19.9. The Labute approximate surface area is 154 Å². The summed E-state index contributed by atoms with van der Waals surface area (Å²) < 4.78 is 15.7. The molecule has 1 aliphatic heterocycles. The molecule has 7 heteroatoms. The number of carbonyl (C=O) groups excluding carboxylic acids is 2. The van der Waals surface area contributed by atoms with Gasteiger partial charge in [-0.25, -0.2) is 4.79 Å². The van der Waals surface area contributed by atoms with Crippen molar-refractivity contribution in [1.82, 2.24) is 10.2 Å². The molecule has 0 atom stereocenters. The van der Waals surface area contributed by atoms with Crippen molar-refractivity contribution >= 4 is 12.0 Å². The lowest BCUT2D eigenvalue weighted by Crippen LogP contribution is -2.46. The van der Waals surface area contributed by atoms with E-state index < -0.39 is 0 Å².